The van der Waals surface area contributed by atoms with Gasteiger partial charge in [0.25, 0.3) is 0 Å². The van der Waals surface area contributed by atoms with Crippen LogP contribution in [0, 0.1) is 0 Å². The van der Waals surface area contributed by atoms with E-state index in [9.17, 15) is 0 Å². The van der Waals surface area contributed by atoms with Crippen molar-refractivity contribution >= 4 is 11.5 Å². The molecule has 11 heavy (non-hydrogen) atoms. The molecule has 0 fully saturated rings. The fourth-order valence-corrected chi connectivity index (χ4v) is 1.33. The minimum Gasteiger partial charge on any atom is -0.367 e. The number of hydrogen-bond donors (Lipinski definition) is 1. The van der Waals surface area contributed by atoms with Crippen molar-refractivity contribution in [2.75, 3.05) is 26.7 Å². The fourth-order valence-electron chi connectivity index (χ4n) is 1.33. The highest BCUT2D eigenvalue weighted by atomic mass is 15.5. The Labute approximate surface area is 66.0 Å². The van der Waals surface area contributed by atoms with Crippen LogP contribution >= 0.6 is 0 Å². The van der Waals surface area contributed by atoms with Crippen LogP contribution in [0.25, 0.3) is 0 Å². The van der Waals surface area contributed by atoms with E-state index in [4.69, 9.17) is 0 Å². The molecular weight excluding hydrogens is 140 g/mol. The van der Waals surface area contributed by atoms with E-state index in [0.29, 0.717) is 0 Å². The van der Waals surface area contributed by atoms with E-state index in [1.807, 2.05) is 12.1 Å². The zero-order chi connectivity index (χ0) is 7.68. The van der Waals surface area contributed by atoms with E-state index >= 15 is 0 Å². The van der Waals surface area contributed by atoms with Crippen molar-refractivity contribution in [3.63, 3.8) is 0 Å². The Morgan fingerprint density at radius 1 is 1.55 bits per heavy atom. The summed E-state index contributed by atoms with van der Waals surface area (Å²) in [5.41, 5.74) is 1.12. The van der Waals surface area contributed by atoms with Gasteiger partial charge in [-0.05, 0) is 0 Å². The lowest BCUT2D eigenvalue weighted by Crippen LogP contribution is -2.26. The summed E-state index contributed by atoms with van der Waals surface area (Å²) in [4.78, 5) is 4.30. The summed E-state index contributed by atoms with van der Waals surface area (Å²) in [6.07, 6.45) is 1.03. The number of hydrogen-bond acceptors (Lipinski definition) is 4. The average Bonchev–Trinajstić information content (AvgIpc) is 2.55. The van der Waals surface area contributed by atoms with Crippen molar-refractivity contribution in [1.29, 1.82) is 0 Å². The smallest absolute Gasteiger partial charge is 0.144 e. The van der Waals surface area contributed by atoms with Gasteiger partial charge >= 0.3 is 0 Å². The van der Waals surface area contributed by atoms with Gasteiger partial charge < -0.3 is 5.32 Å². The van der Waals surface area contributed by atoms with E-state index in [1.165, 1.54) is 0 Å². The largest absolute Gasteiger partial charge is 0.367 e. The van der Waals surface area contributed by atoms with Gasteiger partial charge in [-0.1, -0.05) is 0 Å². The van der Waals surface area contributed by atoms with Crippen molar-refractivity contribution in [3.8, 4) is 0 Å². The SMILES string of the molecule is CN1CCC(C2=NCCN2)=N1. The van der Waals surface area contributed by atoms with E-state index in [-0.39, 0.29) is 0 Å². The summed E-state index contributed by atoms with van der Waals surface area (Å²) in [6.45, 7) is 2.90. The van der Waals surface area contributed by atoms with Crippen LogP contribution in [0.5, 0.6) is 0 Å². The molecule has 0 aromatic rings. The molecule has 4 nitrogen and oxygen atoms in total. The normalized spacial score (nSPS) is 23.2. The lowest BCUT2D eigenvalue weighted by atomic mass is 10.2. The molecule has 0 aromatic carbocycles. The molecule has 0 atom stereocenters. The van der Waals surface area contributed by atoms with Crippen molar-refractivity contribution in [2.45, 2.75) is 6.42 Å². The molecule has 0 saturated heterocycles. The molecule has 60 valence electrons. The summed E-state index contributed by atoms with van der Waals surface area (Å²) in [5.74, 6) is 1.01. The number of aliphatic imine (C=N–C) groups is 1. The molecule has 4 heteroatoms. The monoisotopic (exact) mass is 152 g/mol. The molecule has 2 aliphatic rings. The fraction of sp³-hybridized carbons (Fsp3) is 0.714. The molecule has 0 bridgehead atoms. The van der Waals surface area contributed by atoms with E-state index in [1.54, 1.807) is 0 Å². The predicted molar refractivity (Wildman–Crippen MR) is 45.0 cm³/mol. The number of hydrazone groups is 1. The minimum absolute atomic E-state index is 0.901. The summed E-state index contributed by atoms with van der Waals surface area (Å²) in [7, 11) is 1.99. The molecule has 2 heterocycles. The van der Waals surface area contributed by atoms with Gasteiger partial charge in [0.1, 0.15) is 11.5 Å². The van der Waals surface area contributed by atoms with Gasteiger partial charge in [0.15, 0.2) is 0 Å². The van der Waals surface area contributed by atoms with Crippen LogP contribution in [0.2, 0.25) is 0 Å². The number of nitrogens with one attached hydrogen (secondary N) is 1. The number of rotatable bonds is 1. The number of nitrogens with zero attached hydrogens (tertiary/aromatic N) is 3. The molecule has 0 spiro atoms. The first-order chi connectivity index (χ1) is 5.36. The quantitative estimate of drug-likeness (QED) is 0.559. The van der Waals surface area contributed by atoms with Crippen molar-refractivity contribution in [3.05, 3.63) is 0 Å². The van der Waals surface area contributed by atoms with E-state index in [2.05, 4.69) is 15.4 Å². The van der Waals surface area contributed by atoms with Crippen LogP contribution in [0.3, 0.4) is 0 Å². The average molecular weight is 152 g/mol. The van der Waals surface area contributed by atoms with Crippen molar-refractivity contribution in [2.24, 2.45) is 10.1 Å². The van der Waals surface area contributed by atoms with Crippen LogP contribution < -0.4 is 5.32 Å². The summed E-state index contributed by atoms with van der Waals surface area (Å²) >= 11 is 0. The van der Waals surface area contributed by atoms with Gasteiger partial charge in [0.05, 0.1) is 6.54 Å². The summed E-state index contributed by atoms with van der Waals surface area (Å²) < 4.78 is 0. The molecule has 0 aliphatic carbocycles. The second-order valence-electron chi connectivity index (χ2n) is 2.84. The Balaban J connectivity index is 2.10. The Bertz CT molecular complexity index is 218. The second kappa shape index (κ2) is 2.53. The third kappa shape index (κ3) is 1.20. The van der Waals surface area contributed by atoms with E-state index < -0.39 is 0 Å². The lowest BCUT2D eigenvalue weighted by Gasteiger charge is -2.01. The maximum atomic E-state index is 4.33. The molecule has 0 unspecified atom stereocenters. The highest BCUT2D eigenvalue weighted by Gasteiger charge is 2.18. The molecule has 0 amide bonds. The zero-order valence-corrected chi connectivity index (χ0v) is 6.67. The van der Waals surface area contributed by atoms with Crippen LogP contribution in [0.15, 0.2) is 10.1 Å². The Hall–Kier alpha value is -1.06. The second-order valence-corrected chi connectivity index (χ2v) is 2.84. The van der Waals surface area contributed by atoms with Crippen molar-refractivity contribution < 1.29 is 0 Å². The first kappa shape index (κ1) is 6.64. The maximum absolute atomic E-state index is 4.33. The molecule has 0 aromatic heterocycles. The molecular formula is C7H12N4. The minimum atomic E-state index is 0.901. The summed E-state index contributed by atoms with van der Waals surface area (Å²) in [5, 5.41) is 9.50. The Morgan fingerprint density at radius 2 is 2.45 bits per heavy atom. The third-order valence-corrected chi connectivity index (χ3v) is 1.91. The van der Waals surface area contributed by atoms with Gasteiger partial charge in [-0.2, -0.15) is 5.10 Å². The Morgan fingerprint density at radius 3 is 3.00 bits per heavy atom. The van der Waals surface area contributed by atoms with Crippen LogP contribution in [0.4, 0.5) is 0 Å². The molecule has 2 rings (SSSR count). The van der Waals surface area contributed by atoms with E-state index in [0.717, 1.165) is 37.6 Å². The first-order valence-corrected chi connectivity index (χ1v) is 3.93. The van der Waals surface area contributed by atoms with Crippen molar-refractivity contribution in [1.82, 2.24) is 10.3 Å². The van der Waals surface area contributed by atoms with Crippen LogP contribution in [-0.2, 0) is 0 Å². The predicted octanol–water partition coefficient (Wildman–Crippen LogP) is -0.320. The molecule has 2 aliphatic heterocycles. The van der Waals surface area contributed by atoms with Crippen LogP contribution in [-0.4, -0.2) is 43.2 Å². The van der Waals surface area contributed by atoms with Gasteiger partial charge in [-0.15, -0.1) is 0 Å². The molecule has 0 saturated carbocycles. The van der Waals surface area contributed by atoms with Crippen LogP contribution in [0.1, 0.15) is 6.42 Å². The Kier molecular flexibility index (Phi) is 1.52. The first-order valence-electron chi connectivity index (χ1n) is 3.93. The molecule has 0 radical (unpaired) electrons. The maximum Gasteiger partial charge on any atom is 0.144 e. The standard InChI is InChI=1S/C7H12N4/c1-11-5-2-6(10-11)7-8-3-4-9-7/h2-5H2,1H3,(H,8,9). The van der Waals surface area contributed by atoms with Gasteiger partial charge in [0.2, 0.25) is 0 Å². The highest BCUT2D eigenvalue weighted by molar-refractivity contribution is 6.42. The number of amidine groups is 1. The van der Waals surface area contributed by atoms with Gasteiger partial charge in [0, 0.05) is 26.6 Å². The summed E-state index contributed by atoms with van der Waals surface area (Å²) in [6, 6.07) is 0. The van der Waals surface area contributed by atoms with Gasteiger partial charge in [-0.25, -0.2) is 0 Å². The third-order valence-electron chi connectivity index (χ3n) is 1.91. The highest BCUT2D eigenvalue weighted by Crippen LogP contribution is 2.04. The zero-order valence-electron chi connectivity index (χ0n) is 6.67. The topological polar surface area (TPSA) is 40.0 Å². The lowest BCUT2D eigenvalue weighted by molar-refractivity contribution is 0.393. The van der Waals surface area contributed by atoms with Gasteiger partial charge in [-0.3, -0.25) is 10.0 Å². The molecule has 1 N–H and O–H groups in total.